The average Bonchev–Trinajstić information content (AvgIpc) is 2.12. The fourth-order valence-corrected chi connectivity index (χ4v) is 0.828. The molecule has 0 atom stereocenters. The van der Waals surface area contributed by atoms with Crippen LogP contribution in [0.1, 0.15) is 0 Å². The summed E-state index contributed by atoms with van der Waals surface area (Å²) in [6.45, 7) is 0. The van der Waals surface area contributed by atoms with Gasteiger partial charge >= 0.3 is 37.7 Å². The van der Waals surface area contributed by atoms with Crippen LogP contribution in [0.4, 0.5) is 0 Å². The maximum atomic E-state index is 9.93. The Morgan fingerprint density at radius 3 is 2.09 bits per heavy atom. The maximum absolute atomic E-state index is 9.93. The van der Waals surface area contributed by atoms with E-state index < -0.39 is 7.82 Å². The van der Waals surface area contributed by atoms with Crippen molar-refractivity contribution in [3.8, 4) is 0 Å². The molecular weight excluding hydrogens is 197 g/mol. The summed E-state index contributed by atoms with van der Waals surface area (Å²) in [6.07, 6.45) is 2.62. The third-order valence-electron chi connectivity index (χ3n) is 0.771. The number of nitrogens with zero attached hydrogens (tertiary/aromatic N) is 1. The van der Waals surface area contributed by atoms with Crippen molar-refractivity contribution >= 4 is 45.6 Å². The molecule has 0 spiro atoms. The summed E-state index contributed by atoms with van der Waals surface area (Å²) in [5, 5.41) is 0. The molecule has 1 aromatic heterocycles. The molecule has 0 fully saturated rings. The molecule has 1 aromatic rings. The van der Waals surface area contributed by atoms with E-state index in [1.807, 2.05) is 0 Å². The van der Waals surface area contributed by atoms with Crippen molar-refractivity contribution in [2.45, 2.75) is 0 Å². The van der Waals surface area contributed by atoms with E-state index in [1.54, 1.807) is 0 Å². The topological polar surface area (TPSA) is 77.3 Å². The van der Waals surface area contributed by atoms with Gasteiger partial charge in [-0.3, -0.25) is 0 Å². The van der Waals surface area contributed by atoms with Crippen LogP contribution in [-0.4, -0.2) is 42.5 Å². The molecule has 7 heteroatoms. The summed E-state index contributed by atoms with van der Waals surface area (Å²) in [4.78, 5) is 19.9. The summed E-state index contributed by atoms with van der Waals surface area (Å²) in [5.41, 5.74) is 0. The third-order valence-corrected chi connectivity index (χ3v) is 1.16. The molecule has 0 bridgehead atoms. The van der Waals surface area contributed by atoms with Crippen molar-refractivity contribution in [3.05, 3.63) is 24.5 Å². The first-order chi connectivity index (χ1) is 4.58. The molecule has 0 aliphatic heterocycles. The molecule has 0 amide bonds. The molecule has 0 saturated carbocycles. The molecule has 11 heavy (non-hydrogen) atoms. The average molecular weight is 201 g/mol. The standard InChI is InChI=1S/C4H6NO4P.Ca/c6-10(7,8)9-5-3-1-2-4-5;/h1-4H,(H2,6,7,8);/q;+2/p-2. The zero-order valence-corrected chi connectivity index (χ0v) is 8.65. The Morgan fingerprint density at radius 1 is 1.27 bits per heavy atom. The molecule has 0 unspecified atom stereocenters. The van der Waals surface area contributed by atoms with Gasteiger partial charge in [0.1, 0.15) is 7.82 Å². The zero-order chi connectivity index (χ0) is 7.61. The van der Waals surface area contributed by atoms with Crippen molar-refractivity contribution in [3.63, 3.8) is 0 Å². The van der Waals surface area contributed by atoms with Gasteiger partial charge in [0.15, 0.2) is 0 Å². The molecule has 0 aliphatic rings. The van der Waals surface area contributed by atoms with Gasteiger partial charge in [0.25, 0.3) is 0 Å². The quantitative estimate of drug-likeness (QED) is 0.425. The van der Waals surface area contributed by atoms with Crippen molar-refractivity contribution in [2.24, 2.45) is 0 Å². The molecule has 5 nitrogen and oxygen atoms in total. The predicted molar refractivity (Wildman–Crippen MR) is 34.4 cm³/mol. The van der Waals surface area contributed by atoms with E-state index in [2.05, 4.69) is 4.62 Å². The molecule has 0 aliphatic carbocycles. The molecule has 0 N–H and O–H groups in total. The number of phosphoric acid groups is 1. The van der Waals surface area contributed by atoms with E-state index in [4.69, 9.17) is 0 Å². The monoisotopic (exact) mass is 201 g/mol. The van der Waals surface area contributed by atoms with E-state index in [1.165, 1.54) is 24.5 Å². The fraction of sp³-hybridized carbons (Fsp3) is 0. The largest absolute Gasteiger partial charge is 2.00 e. The van der Waals surface area contributed by atoms with E-state index in [0.717, 1.165) is 4.73 Å². The first-order valence-electron chi connectivity index (χ1n) is 2.43. The first-order valence-corrected chi connectivity index (χ1v) is 3.89. The van der Waals surface area contributed by atoms with Gasteiger partial charge in [-0.05, 0) is 12.1 Å². The molecule has 0 radical (unpaired) electrons. The summed E-state index contributed by atoms with van der Waals surface area (Å²) in [6, 6.07) is 3.07. The normalized spacial score (nSPS) is 10.4. The van der Waals surface area contributed by atoms with E-state index >= 15 is 0 Å². The van der Waals surface area contributed by atoms with Crippen molar-refractivity contribution in [1.82, 2.24) is 4.73 Å². The van der Waals surface area contributed by atoms with E-state index in [9.17, 15) is 14.4 Å². The summed E-state index contributed by atoms with van der Waals surface area (Å²) in [7, 11) is -4.89. The summed E-state index contributed by atoms with van der Waals surface area (Å²) < 4.78 is 14.7. The molecule has 56 valence electrons. The third kappa shape index (κ3) is 4.85. The maximum Gasteiger partial charge on any atom is 2.00 e. The first kappa shape index (κ1) is 11.5. The van der Waals surface area contributed by atoms with Crippen molar-refractivity contribution in [1.29, 1.82) is 0 Å². The second kappa shape index (κ2) is 4.50. The van der Waals surface area contributed by atoms with Gasteiger partial charge in [0, 0.05) is 12.4 Å². The van der Waals surface area contributed by atoms with Crippen molar-refractivity contribution < 1.29 is 19.0 Å². The van der Waals surface area contributed by atoms with Gasteiger partial charge in [0.05, 0.1) is 0 Å². The molecule has 0 aromatic carbocycles. The smallest absolute Gasteiger partial charge is 0.778 e. The second-order valence-electron chi connectivity index (χ2n) is 1.57. The Morgan fingerprint density at radius 2 is 1.73 bits per heavy atom. The van der Waals surface area contributed by atoms with Crippen LogP contribution >= 0.6 is 7.82 Å². The molecule has 1 heterocycles. The number of aromatic nitrogens is 1. The van der Waals surface area contributed by atoms with Crippen LogP contribution in [0.2, 0.25) is 0 Å². The van der Waals surface area contributed by atoms with Gasteiger partial charge in [-0.15, -0.1) is 0 Å². The molecule has 0 saturated heterocycles. The van der Waals surface area contributed by atoms with Gasteiger partial charge in [-0.1, -0.05) is 0 Å². The number of hydrogen-bond acceptors (Lipinski definition) is 4. The van der Waals surface area contributed by atoms with Crippen LogP contribution in [0, 0.1) is 0 Å². The zero-order valence-electron chi connectivity index (χ0n) is 5.54. The van der Waals surface area contributed by atoms with Gasteiger partial charge in [-0.2, -0.15) is 4.73 Å². The minimum Gasteiger partial charge on any atom is -0.778 e. The van der Waals surface area contributed by atoms with Crippen molar-refractivity contribution in [2.75, 3.05) is 0 Å². The Balaban J connectivity index is 0.000001000. The van der Waals surface area contributed by atoms with Crippen LogP contribution in [0.15, 0.2) is 24.5 Å². The van der Waals surface area contributed by atoms with Crippen LogP contribution in [-0.2, 0) is 4.57 Å². The van der Waals surface area contributed by atoms with E-state index in [-0.39, 0.29) is 37.7 Å². The predicted octanol–water partition coefficient (Wildman–Crippen LogP) is -1.64. The second-order valence-corrected chi connectivity index (χ2v) is 2.63. The molecular formula is C4H4CaNO4P. The van der Waals surface area contributed by atoms with Crippen LogP contribution in [0.25, 0.3) is 0 Å². The SMILES string of the molecule is O=P([O-])([O-])On1cccc1.[Ca+2]. The van der Waals surface area contributed by atoms with Gasteiger partial charge < -0.3 is 19.0 Å². The Bertz CT molecular complexity index is 243. The van der Waals surface area contributed by atoms with Crippen LogP contribution in [0.3, 0.4) is 0 Å². The molecule has 1 rings (SSSR count). The minimum absolute atomic E-state index is 0. The fourth-order valence-electron chi connectivity index (χ4n) is 0.489. The number of hydrogen-bond donors (Lipinski definition) is 0. The van der Waals surface area contributed by atoms with Crippen LogP contribution < -0.4 is 14.4 Å². The Hall–Kier alpha value is 0.490. The van der Waals surface area contributed by atoms with Crippen LogP contribution in [0.5, 0.6) is 0 Å². The Kier molecular flexibility index (Phi) is 4.70. The van der Waals surface area contributed by atoms with Gasteiger partial charge in [0.2, 0.25) is 0 Å². The van der Waals surface area contributed by atoms with Gasteiger partial charge in [-0.25, -0.2) is 0 Å². The minimum atomic E-state index is -4.89. The van der Waals surface area contributed by atoms with E-state index in [0.29, 0.717) is 0 Å². The summed E-state index contributed by atoms with van der Waals surface area (Å²) >= 11 is 0. The Labute approximate surface area is 93.2 Å². The summed E-state index contributed by atoms with van der Waals surface area (Å²) in [5.74, 6) is 0. The number of rotatable bonds is 2.